The number of ketones is 1. The number of phenols is 1. The fourth-order valence-electron chi connectivity index (χ4n) is 3.52. The second-order valence-electron chi connectivity index (χ2n) is 6.49. The maximum atomic E-state index is 12.2. The minimum atomic E-state index is -0.671. The summed E-state index contributed by atoms with van der Waals surface area (Å²) in [6, 6.07) is 7.08. The molecule has 1 saturated heterocycles. The third-order valence-electron chi connectivity index (χ3n) is 4.85. The van der Waals surface area contributed by atoms with Crippen molar-refractivity contribution in [3.8, 4) is 5.75 Å². The molecule has 0 unspecified atom stereocenters. The summed E-state index contributed by atoms with van der Waals surface area (Å²) in [5.74, 6) is -0.610. The number of ether oxygens (including phenoxy) is 1. The highest BCUT2D eigenvalue weighted by atomic mass is 16.5. The molecule has 1 aliphatic heterocycles. The van der Waals surface area contributed by atoms with E-state index in [4.69, 9.17) is 4.74 Å². The molecule has 2 aliphatic rings. The van der Waals surface area contributed by atoms with Crippen LogP contribution in [0.4, 0.5) is 0 Å². The molecule has 4 heteroatoms. The van der Waals surface area contributed by atoms with Gasteiger partial charge in [0.1, 0.15) is 5.75 Å². The van der Waals surface area contributed by atoms with E-state index in [1.54, 1.807) is 19.1 Å². The lowest BCUT2D eigenvalue weighted by Gasteiger charge is -2.49. The van der Waals surface area contributed by atoms with Crippen LogP contribution in [0, 0.1) is 11.8 Å². The Hall–Kier alpha value is -1.81. The fraction of sp³-hybridized carbons (Fsp3) is 0.471. The minimum Gasteiger partial charge on any atom is -0.508 e. The smallest absolute Gasteiger partial charge is 0.202 e. The monoisotopic (exact) mass is 288 g/mol. The van der Waals surface area contributed by atoms with E-state index >= 15 is 0 Å². The van der Waals surface area contributed by atoms with Crippen LogP contribution in [0.25, 0.3) is 0 Å². The number of hydrogen-bond donors (Lipinski definition) is 2. The summed E-state index contributed by atoms with van der Waals surface area (Å²) < 4.78 is 6.17. The molecule has 112 valence electrons. The van der Waals surface area contributed by atoms with Gasteiger partial charge in [0, 0.05) is 11.5 Å². The predicted molar refractivity (Wildman–Crippen MR) is 77.9 cm³/mol. The summed E-state index contributed by atoms with van der Waals surface area (Å²) in [6.45, 7) is 5.50. The lowest BCUT2D eigenvalue weighted by atomic mass is 9.67. The molecule has 1 aromatic carbocycles. The quantitative estimate of drug-likeness (QED) is 0.832. The molecule has 1 heterocycles. The number of Topliss-reactive ketones (excluding diaryl/α,β-unsaturated/α-hetero) is 1. The van der Waals surface area contributed by atoms with Crippen LogP contribution in [0.1, 0.15) is 38.9 Å². The highest BCUT2D eigenvalue weighted by Gasteiger charge is 2.52. The average molecular weight is 288 g/mol. The summed E-state index contributed by atoms with van der Waals surface area (Å²) in [7, 11) is 0. The third kappa shape index (κ3) is 2.05. The molecule has 0 aromatic heterocycles. The van der Waals surface area contributed by atoms with Crippen LogP contribution in [-0.2, 0) is 9.53 Å². The molecule has 2 bridgehead atoms. The van der Waals surface area contributed by atoms with E-state index in [1.165, 1.54) is 0 Å². The molecule has 1 fully saturated rings. The first-order valence-electron chi connectivity index (χ1n) is 7.22. The van der Waals surface area contributed by atoms with Crippen molar-refractivity contribution in [3.05, 3.63) is 41.2 Å². The molecule has 0 saturated carbocycles. The maximum absolute atomic E-state index is 12.2. The summed E-state index contributed by atoms with van der Waals surface area (Å²) in [6.07, 6.45) is 0.286. The standard InChI is InChI=1S/C17H20O4/c1-9-11-8-12(15(20)14(9)19)17(2,3)21-16(11)10-6-4-5-7-13(10)18/h4-7,11-12,16,18-19H,8H2,1-3H3/t11-,12+,16+/m0/s1. The van der Waals surface area contributed by atoms with Gasteiger partial charge in [-0.3, -0.25) is 4.79 Å². The van der Waals surface area contributed by atoms with Crippen molar-refractivity contribution in [2.75, 3.05) is 0 Å². The molecule has 21 heavy (non-hydrogen) atoms. The Balaban J connectivity index is 2.12. The highest BCUT2D eigenvalue weighted by Crippen LogP contribution is 2.52. The van der Waals surface area contributed by atoms with E-state index in [0.717, 1.165) is 0 Å². The van der Waals surface area contributed by atoms with Gasteiger partial charge in [0.25, 0.3) is 0 Å². The van der Waals surface area contributed by atoms with E-state index in [9.17, 15) is 15.0 Å². The van der Waals surface area contributed by atoms with Gasteiger partial charge in [-0.2, -0.15) is 0 Å². The molecule has 0 radical (unpaired) electrons. The van der Waals surface area contributed by atoms with Crippen molar-refractivity contribution in [2.45, 2.75) is 38.9 Å². The maximum Gasteiger partial charge on any atom is 0.202 e. The van der Waals surface area contributed by atoms with Gasteiger partial charge in [-0.15, -0.1) is 0 Å². The van der Waals surface area contributed by atoms with Crippen LogP contribution in [0.5, 0.6) is 5.75 Å². The van der Waals surface area contributed by atoms with Gasteiger partial charge in [0.2, 0.25) is 5.78 Å². The number of aliphatic hydroxyl groups excluding tert-OH is 1. The Kier molecular flexibility index (Phi) is 3.10. The normalized spacial score (nSPS) is 31.4. The lowest BCUT2D eigenvalue weighted by Crippen LogP contribution is -2.50. The molecule has 4 nitrogen and oxygen atoms in total. The van der Waals surface area contributed by atoms with Gasteiger partial charge in [-0.05, 0) is 38.8 Å². The van der Waals surface area contributed by atoms with E-state index < -0.39 is 5.60 Å². The topological polar surface area (TPSA) is 66.8 Å². The Morgan fingerprint density at radius 1 is 1.24 bits per heavy atom. The molecule has 0 amide bonds. The zero-order valence-electron chi connectivity index (χ0n) is 12.5. The van der Waals surface area contributed by atoms with Gasteiger partial charge in [-0.25, -0.2) is 0 Å². The van der Waals surface area contributed by atoms with Crippen LogP contribution >= 0.6 is 0 Å². The van der Waals surface area contributed by atoms with Gasteiger partial charge in [0.05, 0.1) is 17.6 Å². The number of phenolic OH excluding ortho intramolecular Hbond substituents is 1. The van der Waals surface area contributed by atoms with Crippen LogP contribution in [0.3, 0.4) is 0 Å². The van der Waals surface area contributed by atoms with Crippen LogP contribution in [0.15, 0.2) is 35.6 Å². The number of allylic oxidation sites excluding steroid dienone is 1. The fourth-order valence-corrected chi connectivity index (χ4v) is 3.52. The summed E-state index contributed by atoms with van der Waals surface area (Å²) in [5.41, 5.74) is 0.686. The van der Waals surface area contributed by atoms with Crippen molar-refractivity contribution in [3.63, 3.8) is 0 Å². The molecule has 2 N–H and O–H groups in total. The molecule has 3 atom stereocenters. The van der Waals surface area contributed by atoms with Gasteiger partial charge < -0.3 is 14.9 Å². The Labute approximate surface area is 124 Å². The number of aliphatic hydroxyl groups is 1. The third-order valence-corrected chi connectivity index (χ3v) is 4.85. The number of carbonyl (C=O) groups is 1. The van der Waals surface area contributed by atoms with Gasteiger partial charge in [0.15, 0.2) is 5.76 Å². The molecule has 1 aliphatic carbocycles. The van der Waals surface area contributed by atoms with Crippen molar-refractivity contribution < 1.29 is 19.7 Å². The average Bonchev–Trinajstić information content (AvgIpc) is 2.43. The number of hydrogen-bond acceptors (Lipinski definition) is 4. The first kappa shape index (κ1) is 14.1. The number of para-hydroxylation sites is 1. The van der Waals surface area contributed by atoms with E-state index in [1.807, 2.05) is 26.0 Å². The predicted octanol–water partition coefficient (Wildman–Crippen LogP) is 3.28. The Morgan fingerprint density at radius 3 is 2.57 bits per heavy atom. The minimum absolute atomic E-state index is 0.0889. The van der Waals surface area contributed by atoms with E-state index in [-0.39, 0.29) is 35.2 Å². The molecular formula is C17H20O4. The van der Waals surface area contributed by atoms with Gasteiger partial charge in [-0.1, -0.05) is 18.2 Å². The molecular weight excluding hydrogens is 268 g/mol. The Morgan fingerprint density at radius 2 is 1.90 bits per heavy atom. The number of aromatic hydroxyl groups is 1. The number of carbonyl (C=O) groups excluding carboxylic acids is 1. The zero-order chi connectivity index (χ0) is 15.4. The SMILES string of the molecule is CC1=C(O)C(=O)[C@H]2C[C@@H]1[C@@H](c1ccccc1O)OC2(C)C. The van der Waals surface area contributed by atoms with Crippen molar-refractivity contribution in [1.29, 1.82) is 0 Å². The molecule has 1 aromatic rings. The summed E-state index contributed by atoms with van der Waals surface area (Å²) in [5, 5.41) is 20.2. The summed E-state index contributed by atoms with van der Waals surface area (Å²) in [4.78, 5) is 12.2. The highest BCUT2D eigenvalue weighted by molar-refractivity contribution is 5.97. The van der Waals surface area contributed by atoms with Gasteiger partial charge >= 0.3 is 0 Å². The van der Waals surface area contributed by atoms with Crippen LogP contribution in [0.2, 0.25) is 0 Å². The summed E-state index contributed by atoms with van der Waals surface area (Å²) >= 11 is 0. The van der Waals surface area contributed by atoms with Crippen LogP contribution < -0.4 is 0 Å². The lowest BCUT2D eigenvalue weighted by molar-refractivity contribution is -0.177. The first-order chi connectivity index (χ1) is 9.83. The van der Waals surface area contributed by atoms with Crippen molar-refractivity contribution in [2.24, 2.45) is 11.8 Å². The largest absolute Gasteiger partial charge is 0.508 e. The second-order valence-corrected chi connectivity index (χ2v) is 6.49. The van der Waals surface area contributed by atoms with Crippen molar-refractivity contribution in [1.82, 2.24) is 0 Å². The number of fused-ring (bicyclic) bond motifs is 2. The molecule has 3 rings (SSSR count). The number of rotatable bonds is 1. The molecule has 0 spiro atoms. The zero-order valence-corrected chi connectivity index (χ0v) is 12.5. The second kappa shape index (κ2) is 4.60. The number of benzene rings is 1. The van der Waals surface area contributed by atoms with Crippen LogP contribution in [-0.4, -0.2) is 21.6 Å². The Bertz CT molecular complexity index is 629. The first-order valence-corrected chi connectivity index (χ1v) is 7.22. The van der Waals surface area contributed by atoms with Crippen molar-refractivity contribution >= 4 is 5.78 Å². The van der Waals surface area contributed by atoms with E-state index in [0.29, 0.717) is 17.6 Å². The van der Waals surface area contributed by atoms with E-state index in [2.05, 4.69) is 0 Å².